The van der Waals surface area contributed by atoms with E-state index in [0.29, 0.717) is 24.3 Å². The number of carbonyl (C=O) groups is 1. The highest BCUT2D eigenvalue weighted by atomic mass is 16.5. The Hall–Kier alpha value is -3.12. The summed E-state index contributed by atoms with van der Waals surface area (Å²) in [6.45, 7) is 1.89. The lowest BCUT2D eigenvalue weighted by atomic mass is 10.1. The van der Waals surface area contributed by atoms with Crippen LogP contribution < -0.4 is 10.1 Å². The molecule has 3 aromatic rings. The van der Waals surface area contributed by atoms with Gasteiger partial charge in [0, 0.05) is 24.9 Å². The van der Waals surface area contributed by atoms with Crippen LogP contribution in [0.2, 0.25) is 0 Å². The van der Waals surface area contributed by atoms with Crippen molar-refractivity contribution in [2.75, 3.05) is 20.3 Å². The number of nitrogens with one attached hydrogen (secondary N) is 1. The largest absolute Gasteiger partial charge is 0.497 e. The topological polar surface area (TPSA) is 65.4 Å². The van der Waals surface area contributed by atoms with Gasteiger partial charge in [-0.1, -0.05) is 30.3 Å². The number of ether oxygens (including phenoxy) is 2. The molecule has 0 radical (unpaired) electrons. The molecule has 0 bridgehead atoms. The molecule has 1 saturated heterocycles. The molecule has 29 heavy (non-hydrogen) atoms. The molecule has 2 heterocycles. The van der Waals surface area contributed by atoms with Gasteiger partial charge in [-0.25, -0.2) is 0 Å². The van der Waals surface area contributed by atoms with Gasteiger partial charge in [0.15, 0.2) is 0 Å². The van der Waals surface area contributed by atoms with E-state index < -0.39 is 0 Å². The summed E-state index contributed by atoms with van der Waals surface area (Å²) in [5.74, 6) is 0.632. The summed E-state index contributed by atoms with van der Waals surface area (Å²) < 4.78 is 12.7. The van der Waals surface area contributed by atoms with Gasteiger partial charge in [-0.05, 0) is 42.7 Å². The first-order chi connectivity index (χ1) is 14.2. The van der Waals surface area contributed by atoms with E-state index in [1.165, 1.54) is 0 Å². The SMILES string of the molecule is COc1ccc(-c2nn(Cc3ccccc3)cc2C(=O)NC[C@H]2CCCO2)cc1. The number of nitrogens with zero attached hydrogens (tertiary/aromatic N) is 2. The number of hydrogen-bond acceptors (Lipinski definition) is 4. The van der Waals surface area contributed by atoms with Gasteiger partial charge in [0.2, 0.25) is 0 Å². The number of amides is 1. The first kappa shape index (κ1) is 19.2. The summed E-state index contributed by atoms with van der Waals surface area (Å²) in [4.78, 5) is 12.9. The van der Waals surface area contributed by atoms with E-state index in [2.05, 4.69) is 5.32 Å². The Balaban J connectivity index is 1.60. The van der Waals surface area contributed by atoms with E-state index in [1.807, 2.05) is 65.5 Å². The second-order valence-electron chi connectivity index (χ2n) is 7.15. The van der Waals surface area contributed by atoms with Gasteiger partial charge in [0.1, 0.15) is 11.4 Å². The summed E-state index contributed by atoms with van der Waals surface area (Å²) in [5, 5.41) is 7.72. The van der Waals surface area contributed by atoms with Crippen LogP contribution in [0.15, 0.2) is 60.8 Å². The summed E-state index contributed by atoms with van der Waals surface area (Å²) >= 11 is 0. The van der Waals surface area contributed by atoms with Gasteiger partial charge in [-0.15, -0.1) is 0 Å². The Morgan fingerprint density at radius 3 is 2.69 bits per heavy atom. The fraction of sp³-hybridized carbons (Fsp3) is 0.304. The van der Waals surface area contributed by atoms with Crippen molar-refractivity contribution in [3.63, 3.8) is 0 Å². The molecule has 150 valence electrons. The number of carbonyl (C=O) groups excluding carboxylic acids is 1. The molecule has 1 atom stereocenters. The Labute approximate surface area is 170 Å². The zero-order valence-corrected chi connectivity index (χ0v) is 16.5. The van der Waals surface area contributed by atoms with Crippen LogP contribution in [0.5, 0.6) is 5.75 Å². The summed E-state index contributed by atoms with van der Waals surface area (Å²) in [6, 6.07) is 17.7. The van der Waals surface area contributed by atoms with Crippen LogP contribution in [0.3, 0.4) is 0 Å². The third kappa shape index (κ3) is 4.66. The standard InChI is InChI=1S/C23H25N3O3/c1-28-19-11-9-18(10-12-19)22-21(23(27)24-14-20-8-5-13-29-20)16-26(25-22)15-17-6-3-2-4-7-17/h2-4,6-7,9-12,16,20H,5,8,13-15H2,1H3,(H,24,27)/t20-/m1/s1. The Bertz CT molecular complexity index is 945. The van der Waals surface area contributed by atoms with Crippen molar-refractivity contribution in [3.05, 3.63) is 71.9 Å². The third-order valence-electron chi connectivity index (χ3n) is 5.07. The van der Waals surface area contributed by atoms with E-state index in [-0.39, 0.29) is 12.0 Å². The van der Waals surface area contributed by atoms with Crippen LogP contribution in [0.1, 0.15) is 28.8 Å². The first-order valence-electron chi connectivity index (χ1n) is 9.88. The van der Waals surface area contributed by atoms with Crippen LogP contribution in [0.25, 0.3) is 11.3 Å². The van der Waals surface area contributed by atoms with Crippen LogP contribution in [-0.2, 0) is 11.3 Å². The van der Waals surface area contributed by atoms with Gasteiger partial charge in [-0.3, -0.25) is 9.48 Å². The minimum Gasteiger partial charge on any atom is -0.497 e. The van der Waals surface area contributed by atoms with Crippen molar-refractivity contribution in [2.45, 2.75) is 25.5 Å². The first-order valence-corrected chi connectivity index (χ1v) is 9.88. The third-order valence-corrected chi connectivity index (χ3v) is 5.07. The molecule has 1 N–H and O–H groups in total. The smallest absolute Gasteiger partial charge is 0.255 e. The molecule has 0 saturated carbocycles. The average molecular weight is 391 g/mol. The molecule has 1 aromatic heterocycles. The fourth-order valence-electron chi connectivity index (χ4n) is 3.51. The molecule has 0 aliphatic carbocycles. The van der Waals surface area contributed by atoms with Crippen molar-refractivity contribution < 1.29 is 14.3 Å². The predicted molar refractivity (Wildman–Crippen MR) is 111 cm³/mol. The number of benzene rings is 2. The molecule has 6 heteroatoms. The lowest BCUT2D eigenvalue weighted by Crippen LogP contribution is -2.31. The van der Waals surface area contributed by atoms with Gasteiger partial charge in [0.05, 0.1) is 25.3 Å². The molecule has 4 rings (SSSR count). The summed E-state index contributed by atoms with van der Waals surface area (Å²) in [5.41, 5.74) is 3.22. The van der Waals surface area contributed by atoms with Crippen molar-refractivity contribution in [2.24, 2.45) is 0 Å². The molecule has 1 fully saturated rings. The van der Waals surface area contributed by atoms with Gasteiger partial charge in [0.25, 0.3) is 5.91 Å². The number of hydrogen-bond donors (Lipinski definition) is 1. The van der Waals surface area contributed by atoms with Crippen LogP contribution in [0, 0.1) is 0 Å². The molecule has 0 spiro atoms. The quantitative estimate of drug-likeness (QED) is 0.669. The number of aromatic nitrogens is 2. The fourth-order valence-corrected chi connectivity index (χ4v) is 3.51. The van der Waals surface area contributed by atoms with E-state index in [0.717, 1.165) is 36.3 Å². The molecule has 1 aliphatic rings. The van der Waals surface area contributed by atoms with Gasteiger partial charge < -0.3 is 14.8 Å². The summed E-state index contributed by atoms with van der Waals surface area (Å²) in [6.07, 6.45) is 3.95. The average Bonchev–Trinajstić information content (AvgIpc) is 3.43. The number of methoxy groups -OCH3 is 1. The lowest BCUT2D eigenvalue weighted by Gasteiger charge is -2.10. The van der Waals surface area contributed by atoms with Crippen LogP contribution >= 0.6 is 0 Å². The van der Waals surface area contributed by atoms with E-state index in [4.69, 9.17) is 14.6 Å². The van der Waals surface area contributed by atoms with E-state index in [9.17, 15) is 4.79 Å². The zero-order valence-electron chi connectivity index (χ0n) is 16.5. The van der Waals surface area contributed by atoms with Crippen molar-refractivity contribution in [1.29, 1.82) is 0 Å². The highest BCUT2D eigenvalue weighted by Crippen LogP contribution is 2.25. The minimum atomic E-state index is -0.134. The molecule has 1 aliphatic heterocycles. The maximum absolute atomic E-state index is 12.9. The molecular formula is C23H25N3O3. The van der Waals surface area contributed by atoms with E-state index in [1.54, 1.807) is 7.11 Å². The van der Waals surface area contributed by atoms with E-state index >= 15 is 0 Å². The Morgan fingerprint density at radius 2 is 2.00 bits per heavy atom. The van der Waals surface area contributed by atoms with Gasteiger partial charge in [-0.2, -0.15) is 5.10 Å². The van der Waals surface area contributed by atoms with Crippen molar-refractivity contribution >= 4 is 5.91 Å². The zero-order chi connectivity index (χ0) is 20.1. The number of rotatable bonds is 7. The minimum absolute atomic E-state index is 0.0998. The predicted octanol–water partition coefficient (Wildman–Crippen LogP) is 3.52. The second-order valence-corrected chi connectivity index (χ2v) is 7.15. The molecular weight excluding hydrogens is 366 g/mol. The maximum Gasteiger partial charge on any atom is 0.255 e. The molecule has 2 aromatic carbocycles. The van der Waals surface area contributed by atoms with Crippen LogP contribution in [0.4, 0.5) is 0 Å². The molecule has 1 amide bonds. The maximum atomic E-state index is 12.9. The Kier molecular flexibility index (Phi) is 5.91. The van der Waals surface area contributed by atoms with Crippen LogP contribution in [-0.4, -0.2) is 42.1 Å². The summed E-state index contributed by atoms with van der Waals surface area (Å²) in [7, 11) is 1.63. The van der Waals surface area contributed by atoms with Gasteiger partial charge >= 0.3 is 0 Å². The highest BCUT2D eigenvalue weighted by Gasteiger charge is 2.21. The molecule has 0 unspecified atom stereocenters. The molecule has 6 nitrogen and oxygen atoms in total. The second kappa shape index (κ2) is 8.92. The normalized spacial score (nSPS) is 16.0. The Morgan fingerprint density at radius 1 is 1.21 bits per heavy atom. The van der Waals surface area contributed by atoms with Crippen molar-refractivity contribution in [1.82, 2.24) is 15.1 Å². The monoisotopic (exact) mass is 391 g/mol. The lowest BCUT2D eigenvalue weighted by molar-refractivity contribution is 0.0858. The van der Waals surface area contributed by atoms with Crippen molar-refractivity contribution in [3.8, 4) is 17.0 Å². The highest BCUT2D eigenvalue weighted by molar-refractivity contribution is 5.99.